The van der Waals surface area contributed by atoms with Crippen molar-refractivity contribution in [3.8, 4) is 5.75 Å². The van der Waals surface area contributed by atoms with Crippen LogP contribution in [0.5, 0.6) is 5.75 Å². The second kappa shape index (κ2) is 2.99. The minimum Gasteiger partial charge on any atom is -0.508 e. The molecule has 0 unspecified atom stereocenters. The number of hydrogen-bond acceptors (Lipinski definition) is 3. The number of phenols is 1. The summed E-state index contributed by atoms with van der Waals surface area (Å²) in [5.74, 6) is 1.38. The Morgan fingerprint density at radius 3 is 3.17 bits per heavy atom. The molecule has 64 valence electrons. The third-order valence-electron chi connectivity index (χ3n) is 2.08. The summed E-state index contributed by atoms with van der Waals surface area (Å²) in [5, 5.41) is 9.22. The number of benzene rings is 1. The fraction of sp³-hybridized carbons (Fsp3) is 0.333. The molecule has 0 saturated carbocycles. The minimum atomic E-state index is 0.154. The van der Waals surface area contributed by atoms with Gasteiger partial charge in [0.05, 0.1) is 0 Å². The summed E-state index contributed by atoms with van der Waals surface area (Å²) in [6.07, 6.45) is 1.03. The van der Waals surface area contributed by atoms with Gasteiger partial charge in [-0.3, -0.25) is 0 Å². The Hall–Kier alpha value is -0.670. The Morgan fingerprint density at radius 2 is 2.33 bits per heavy atom. The van der Waals surface area contributed by atoms with Crippen LogP contribution in [0.25, 0.3) is 0 Å². The second-order valence-corrected chi connectivity index (χ2v) is 4.10. The summed E-state index contributed by atoms with van der Waals surface area (Å²) in [6.45, 7) is 0. The van der Waals surface area contributed by atoms with Gasteiger partial charge in [-0.2, -0.15) is 0 Å². The van der Waals surface area contributed by atoms with Gasteiger partial charge in [-0.1, -0.05) is 6.07 Å². The molecule has 1 aromatic carbocycles. The summed E-state index contributed by atoms with van der Waals surface area (Å²) in [7, 11) is 0. The predicted molar refractivity (Wildman–Crippen MR) is 50.4 cm³/mol. The number of fused-ring (bicyclic) bond motifs is 1. The average Bonchev–Trinajstić information content (AvgIpc) is 2.04. The van der Waals surface area contributed by atoms with Crippen LogP contribution in [0.2, 0.25) is 0 Å². The molecule has 1 heterocycles. The van der Waals surface area contributed by atoms with Crippen molar-refractivity contribution in [2.24, 2.45) is 5.73 Å². The molecule has 2 nitrogen and oxygen atoms in total. The van der Waals surface area contributed by atoms with Crippen LogP contribution in [0.15, 0.2) is 23.1 Å². The molecule has 0 bridgehead atoms. The monoisotopic (exact) mass is 181 g/mol. The zero-order valence-corrected chi connectivity index (χ0v) is 7.47. The van der Waals surface area contributed by atoms with Crippen molar-refractivity contribution in [1.29, 1.82) is 0 Å². The van der Waals surface area contributed by atoms with Crippen LogP contribution >= 0.6 is 11.8 Å². The molecular formula is C9H11NOS. The number of phenolic OH excluding ortho intramolecular Hbond substituents is 1. The zero-order valence-electron chi connectivity index (χ0n) is 6.66. The van der Waals surface area contributed by atoms with Crippen LogP contribution in [0, 0.1) is 0 Å². The Balaban J connectivity index is 2.46. The van der Waals surface area contributed by atoms with E-state index in [0.717, 1.165) is 17.1 Å². The molecule has 12 heavy (non-hydrogen) atoms. The smallest absolute Gasteiger partial charge is 0.116 e. The Bertz CT molecular complexity index is 301. The van der Waals surface area contributed by atoms with Gasteiger partial charge in [-0.25, -0.2) is 0 Å². The molecular weight excluding hydrogens is 170 g/mol. The van der Waals surface area contributed by atoms with Crippen LogP contribution in [0.3, 0.4) is 0 Å². The lowest BCUT2D eigenvalue weighted by Gasteiger charge is -2.21. The molecule has 0 amide bonds. The van der Waals surface area contributed by atoms with Gasteiger partial charge in [0.2, 0.25) is 0 Å². The van der Waals surface area contributed by atoms with Gasteiger partial charge in [0.15, 0.2) is 0 Å². The van der Waals surface area contributed by atoms with Crippen molar-refractivity contribution in [3.05, 3.63) is 23.8 Å². The Kier molecular flexibility index (Phi) is 1.98. The average molecular weight is 181 g/mol. The van der Waals surface area contributed by atoms with Crippen molar-refractivity contribution in [2.75, 3.05) is 5.75 Å². The predicted octanol–water partition coefficient (Wildman–Crippen LogP) is 1.89. The number of aromatic hydroxyl groups is 1. The van der Waals surface area contributed by atoms with E-state index in [9.17, 15) is 5.11 Å². The van der Waals surface area contributed by atoms with E-state index in [2.05, 4.69) is 0 Å². The van der Waals surface area contributed by atoms with Gasteiger partial charge in [-0.05, 0) is 29.9 Å². The van der Waals surface area contributed by atoms with Crippen molar-refractivity contribution >= 4 is 11.8 Å². The van der Waals surface area contributed by atoms with Crippen LogP contribution in [-0.4, -0.2) is 10.9 Å². The molecule has 3 N–H and O–H groups in total. The fourth-order valence-electron chi connectivity index (χ4n) is 1.41. The normalized spacial score (nSPS) is 21.9. The first-order valence-electron chi connectivity index (χ1n) is 3.98. The van der Waals surface area contributed by atoms with Crippen LogP contribution in [-0.2, 0) is 0 Å². The molecule has 0 aliphatic carbocycles. The molecule has 2 rings (SSSR count). The highest BCUT2D eigenvalue weighted by Crippen LogP contribution is 2.36. The van der Waals surface area contributed by atoms with Crippen LogP contribution in [0.1, 0.15) is 18.0 Å². The molecule has 0 aromatic heterocycles. The summed E-state index contributed by atoms with van der Waals surface area (Å²) in [4.78, 5) is 1.13. The number of thioether (sulfide) groups is 1. The highest BCUT2D eigenvalue weighted by atomic mass is 32.2. The molecule has 0 spiro atoms. The SMILES string of the molecule is N[C@@H]1CCSc2cc(O)ccc21. The molecule has 1 atom stereocenters. The van der Waals surface area contributed by atoms with Crippen LogP contribution < -0.4 is 5.73 Å². The lowest BCUT2D eigenvalue weighted by atomic mass is 10.0. The summed E-state index contributed by atoms with van der Waals surface area (Å²) >= 11 is 1.77. The Labute approximate surface area is 75.8 Å². The molecule has 0 radical (unpaired) electrons. The molecule has 0 fully saturated rings. The summed E-state index contributed by atoms with van der Waals surface area (Å²) in [5.41, 5.74) is 7.07. The van der Waals surface area contributed by atoms with E-state index >= 15 is 0 Å². The third kappa shape index (κ3) is 1.30. The van der Waals surface area contributed by atoms with Crippen molar-refractivity contribution in [1.82, 2.24) is 0 Å². The van der Waals surface area contributed by atoms with Crippen LogP contribution in [0.4, 0.5) is 0 Å². The van der Waals surface area contributed by atoms with E-state index in [-0.39, 0.29) is 6.04 Å². The van der Waals surface area contributed by atoms with Gasteiger partial charge >= 0.3 is 0 Å². The molecule has 0 saturated heterocycles. The highest BCUT2D eigenvalue weighted by molar-refractivity contribution is 7.99. The van der Waals surface area contributed by atoms with Crippen molar-refractivity contribution < 1.29 is 5.11 Å². The maximum Gasteiger partial charge on any atom is 0.116 e. The first-order valence-corrected chi connectivity index (χ1v) is 4.97. The zero-order chi connectivity index (χ0) is 8.55. The number of rotatable bonds is 0. The van der Waals surface area contributed by atoms with E-state index in [1.165, 1.54) is 5.56 Å². The molecule has 1 aliphatic rings. The van der Waals surface area contributed by atoms with E-state index < -0.39 is 0 Å². The topological polar surface area (TPSA) is 46.2 Å². The van der Waals surface area contributed by atoms with Gasteiger partial charge in [0.1, 0.15) is 5.75 Å². The summed E-state index contributed by atoms with van der Waals surface area (Å²) in [6, 6.07) is 5.56. The first-order chi connectivity index (χ1) is 5.77. The van der Waals surface area contributed by atoms with Gasteiger partial charge < -0.3 is 10.8 Å². The largest absolute Gasteiger partial charge is 0.508 e. The minimum absolute atomic E-state index is 0.154. The van der Waals surface area contributed by atoms with E-state index in [4.69, 9.17) is 5.73 Å². The standard InChI is InChI=1S/C9H11NOS/c10-8-3-4-12-9-5-6(11)1-2-7(8)9/h1-2,5,8,11H,3-4,10H2/t8-/m1/s1. The molecule has 1 aromatic rings. The van der Waals surface area contributed by atoms with Crippen molar-refractivity contribution in [2.45, 2.75) is 17.4 Å². The fourth-order valence-corrected chi connectivity index (χ4v) is 2.59. The van der Waals surface area contributed by atoms with Gasteiger partial charge in [-0.15, -0.1) is 11.8 Å². The van der Waals surface area contributed by atoms with Crippen molar-refractivity contribution in [3.63, 3.8) is 0 Å². The second-order valence-electron chi connectivity index (χ2n) is 2.97. The lowest BCUT2D eigenvalue weighted by molar-refractivity contribution is 0.472. The maximum absolute atomic E-state index is 9.22. The highest BCUT2D eigenvalue weighted by Gasteiger charge is 2.16. The molecule has 1 aliphatic heterocycles. The van der Waals surface area contributed by atoms with Gasteiger partial charge in [0.25, 0.3) is 0 Å². The molecule has 3 heteroatoms. The Morgan fingerprint density at radius 1 is 1.50 bits per heavy atom. The van der Waals surface area contributed by atoms with E-state index in [1.807, 2.05) is 6.07 Å². The number of nitrogens with two attached hydrogens (primary N) is 1. The van der Waals surface area contributed by atoms with E-state index in [0.29, 0.717) is 5.75 Å². The number of hydrogen-bond donors (Lipinski definition) is 2. The first kappa shape index (κ1) is 7.95. The lowest BCUT2D eigenvalue weighted by Crippen LogP contribution is -2.15. The van der Waals surface area contributed by atoms with E-state index in [1.54, 1.807) is 23.9 Å². The maximum atomic E-state index is 9.22. The quantitative estimate of drug-likeness (QED) is 0.642. The summed E-state index contributed by atoms with van der Waals surface area (Å²) < 4.78 is 0. The third-order valence-corrected chi connectivity index (χ3v) is 3.19. The van der Waals surface area contributed by atoms with Gasteiger partial charge in [0, 0.05) is 10.9 Å².